The van der Waals surface area contributed by atoms with Crippen molar-refractivity contribution >= 4 is 6.09 Å². The van der Waals surface area contributed by atoms with Gasteiger partial charge in [-0.25, -0.2) is 4.79 Å². The van der Waals surface area contributed by atoms with E-state index in [0.29, 0.717) is 13.0 Å². The summed E-state index contributed by atoms with van der Waals surface area (Å²) in [5, 5.41) is 9.12. The van der Waals surface area contributed by atoms with E-state index in [0.717, 1.165) is 6.42 Å². The second-order valence-corrected chi connectivity index (χ2v) is 5.32. The highest BCUT2D eigenvalue weighted by molar-refractivity contribution is 5.68. The van der Waals surface area contributed by atoms with E-state index in [1.165, 1.54) is 7.11 Å². The van der Waals surface area contributed by atoms with E-state index in [2.05, 4.69) is 6.07 Å². The second-order valence-electron chi connectivity index (χ2n) is 5.32. The van der Waals surface area contributed by atoms with Gasteiger partial charge in [-0.3, -0.25) is 0 Å². The average Bonchev–Trinajstić information content (AvgIpc) is 2.27. The molecule has 5 nitrogen and oxygen atoms in total. The van der Waals surface area contributed by atoms with Gasteiger partial charge in [0, 0.05) is 13.7 Å². The number of rotatable bonds is 1. The molecule has 0 spiro atoms. The molecule has 96 valence electrons. The van der Waals surface area contributed by atoms with Crippen molar-refractivity contribution in [2.24, 2.45) is 0 Å². The van der Waals surface area contributed by atoms with Crippen molar-refractivity contribution in [2.75, 3.05) is 20.2 Å². The molecule has 0 aliphatic carbocycles. The van der Waals surface area contributed by atoms with Crippen molar-refractivity contribution in [3.05, 3.63) is 0 Å². The lowest BCUT2D eigenvalue weighted by Crippen LogP contribution is -2.51. The van der Waals surface area contributed by atoms with Crippen molar-refractivity contribution in [1.29, 1.82) is 5.26 Å². The van der Waals surface area contributed by atoms with Gasteiger partial charge in [-0.2, -0.15) is 5.26 Å². The molecule has 1 saturated heterocycles. The Morgan fingerprint density at radius 3 is 2.59 bits per heavy atom. The number of likely N-dealkylation sites (tertiary alicyclic amines) is 1. The average molecular weight is 240 g/mol. The smallest absolute Gasteiger partial charge is 0.410 e. The number of ether oxygens (including phenoxy) is 2. The van der Waals surface area contributed by atoms with Gasteiger partial charge in [0.1, 0.15) is 5.60 Å². The normalized spacial score (nSPS) is 25.2. The van der Waals surface area contributed by atoms with Crippen LogP contribution in [0.1, 0.15) is 33.6 Å². The Morgan fingerprint density at radius 1 is 1.47 bits per heavy atom. The van der Waals surface area contributed by atoms with E-state index >= 15 is 0 Å². The van der Waals surface area contributed by atoms with Gasteiger partial charge in [0.05, 0.1) is 12.6 Å². The first-order chi connectivity index (χ1) is 7.82. The Morgan fingerprint density at radius 2 is 2.12 bits per heavy atom. The van der Waals surface area contributed by atoms with Crippen LogP contribution < -0.4 is 0 Å². The monoisotopic (exact) mass is 240 g/mol. The van der Waals surface area contributed by atoms with Crippen LogP contribution in [-0.2, 0) is 9.47 Å². The molecule has 5 heteroatoms. The summed E-state index contributed by atoms with van der Waals surface area (Å²) in [5.41, 5.74) is -1.40. The summed E-state index contributed by atoms with van der Waals surface area (Å²) in [7, 11) is 1.50. The molecule has 0 aromatic carbocycles. The summed E-state index contributed by atoms with van der Waals surface area (Å²) in [6.07, 6.45) is 1.02. The third kappa shape index (κ3) is 3.60. The first-order valence-electron chi connectivity index (χ1n) is 5.76. The molecule has 1 heterocycles. The zero-order chi connectivity index (χ0) is 13.1. The molecule has 0 aromatic heterocycles. The van der Waals surface area contributed by atoms with Crippen molar-refractivity contribution in [3.63, 3.8) is 0 Å². The van der Waals surface area contributed by atoms with Gasteiger partial charge in [-0.15, -0.1) is 0 Å². The molecule has 1 rings (SSSR count). The van der Waals surface area contributed by atoms with Crippen molar-refractivity contribution in [2.45, 2.75) is 44.8 Å². The SMILES string of the molecule is COC1(C#N)CCCN(C(=O)OC(C)(C)C)C1. The Hall–Kier alpha value is -1.28. The van der Waals surface area contributed by atoms with E-state index in [1.54, 1.807) is 4.90 Å². The fourth-order valence-corrected chi connectivity index (χ4v) is 1.81. The highest BCUT2D eigenvalue weighted by Crippen LogP contribution is 2.25. The lowest BCUT2D eigenvalue weighted by Gasteiger charge is -2.37. The number of carbonyl (C=O) groups is 1. The van der Waals surface area contributed by atoms with E-state index in [-0.39, 0.29) is 12.6 Å². The van der Waals surface area contributed by atoms with Crippen molar-refractivity contribution in [3.8, 4) is 6.07 Å². The van der Waals surface area contributed by atoms with Gasteiger partial charge >= 0.3 is 6.09 Å². The van der Waals surface area contributed by atoms with Crippen LogP contribution in [-0.4, -0.2) is 42.4 Å². The standard InChI is InChI=1S/C12H20N2O3/c1-11(2,3)17-10(15)14-7-5-6-12(8-13,9-14)16-4/h5-7,9H2,1-4H3. The van der Waals surface area contributed by atoms with Crippen LogP contribution in [0.25, 0.3) is 0 Å². The molecule has 1 aliphatic rings. The van der Waals surface area contributed by atoms with Crippen LogP contribution in [0.2, 0.25) is 0 Å². The molecule has 1 atom stereocenters. The number of methoxy groups -OCH3 is 1. The number of piperidine rings is 1. The van der Waals surface area contributed by atoms with Crippen LogP contribution in [0.15, 0.2) is 0 Å². The first-order valence-corrected chi connectivity index (χ1v) is 5.76. The Bertz CT molecular complexity index is 330. The first kappa shape index (κ1) is 13.8. The number of hydrogen-bond acceptors (Lipinski definition) is 4. The van der Waals surface area contributed by atoms with Gasteiger partial charge in [0.15, 0.2) is 5.60 Å². The largest absolute Gasteiger partial charge is 0.444 e. The minimum Gasteiger partial charge on any atom is -0.444 e. The Balaban J connectivity index is 2.68. The summed E-state index contributed by atoms with van der Waals surface area (Å²) in [6.45, 7) is 6.35. The third-order valence-corrected chi connectivity index (χ3v) is 2.70. The van der Waals surface area contributed by atoms with Gasteiger partial charge in [-0.1, -0.05) is 0 Å². The van der Waals surface area contributed by atoms with Crippen LogP contribution in [0, 0.1) is 11.3 Å². The van der Waals surface area contributed by atoms with Crippen molar-refractivity contribution in [1.82, 2.24) is 4.90 Å². The zero-order valence-corrected chi connectivity index (χ0v) is 10.9. The van der Waals surface area contributed by atoms with Crippen LogP contribution in [0.4, 0.5) is 4.79 Å². The Kier molecular flexibility index (Phi) is 3.99. The number of nitriles is 1. The van der Waals surface area contributed by atoms with Gasteiger partial charge < -0.3 is 14.4 Å². The molecule has 0 bridgehead atoms. The fourth-order valence-electron chi connectivity index (χ4n) is 1.81. The molecule has 1 amide bonds. The molecule has 1 unspecified atom stereocenters. The maximum Gasteiger partial charge on any atom is 0.410 e. The van der Waals surface area contributed by atoms with E-state index in [4.69, 9.17) is 14.7 Å². The predicted octanol–water partition coefficient (Wildman–Crippen LogP) is 1.93. The van der Waals surface area contributed by atoms with E-state index < -0.39 is 11.2 Å². The molecule has 0 aromatic rings. The fraction of sp³-hybridized carbons (Fsp3) is 0.833. The highest BCUT2D eigenvalue weighted by atomic mass is 16.6. The maximum absolute atomic E-state index is 11.9. The molecule has 0 radical (unpaired) electrons. The molecule has 1 aliphatic heterocycles. The van der Waals surface area contributed by atoms with Crippen LogP contribution in [0.5, 0.6) is 0 Å². The lowest BCUT2D eigenvalue weighted by atomic mass is 9.94. The molecule has 0 saturated carbocycles. The van der Waals surface area contributed by atoms with E-state index in [1.807, 2.05) is 20.8 Å². The van der Waals surface area contributed by atoms with Gasteiger partial charge in [0.25, 0.3) is 0 Å². The number of nitrogens with zero attached hydrogens (tertiary/aromatic N) is 2. The Labute approximate surface area is 102 Å². The predicted molar refractivity (Wildman–Crippen MR) is 62.4 cm³/mol. The summed E-state index contributed by atoms with van der Waals surface area (Å²) < 4.78 is 10.5. The second kappa shape index (κ2) is 4.92. The van der Waals surface area contributed by atoms with Crippen LogP contribution >= 0.6 is 0 Å². The quantitative estimate of drug-likeness (QED) is 0.702. The third-order valence-electron chi connectivity index (χ3n) is 2.70. The number of amides is 1. The topological polar surface area (TPSA) is 62.6 Å². The van der Waals surface area contributed by atoms with Gasteiger partial charge in [-0.05, 0) is 33.6 Å². The zero-order valence-electron chi connectivity index (χ0n) is 10.9. The molecular weight excluding hydrogens is 220 g/mol. The number of carbonyl (C=O) groups excluding carboxylic acids is 1. The van der Waals surface area contributed by atoms with Gasteiger partial charge in [0.2, 0.25) is 0 Å². The molecule has 0 N–H and O–H groups in total. The minimum absolute atomic E-state index is 0.273. The summed E-state index contributed by atoms with van der Waals surface area (Å²) in [4.78, 5) is 13.4. The summed E-state index contributed by atoms with van der Waals surface area (Å²) in [5.74, 6) is 0. The summed E-state index contributed by atoms with van der Waals surface area (Å²) >= 11 is 0. The lowest BCUT2D eigenvalue weighted by molar-refractivity contribution is -0.0360. The van der Waals surface area contributed by atoms with Crippen LogP contribution in [0.3, 0.4) is 0 Å². The minimum atomic E-state index is -0.880. The van der Waals surface area contributed by atoms with Crippen molar-refractivity contribution < 1.29 is 14.3 Å². The maximum atomic E-state index is 11.9. The van der Waals surface area contributed by atoms with E-state index in [9.17, 15) is 4.79 Å². The summed E-state index contributed by atoms with van der Waals surface area (Å²) in [6, 6.07) is 2.14. The molecular formula is C12H20N2O3. The molecule has 17 heavy (non-hydrogen) atoms. The highest BCUT2D eigenvalue weighted by Gasteiger charge is 2.38. The number of hydrogen-bond donors (Lipinski definition) is 0. The molecule has 1 fully saturated rings.